The quantitative estimate of drug-likeness (QED) is 0.432. The van der Waals surface area contributed by atoms with Crippen LogP contribution in [-0.4, -0.2) is 59.8 Å². The second-order valence-electron chi connectivity index (χ2n) is 8.23. The SMILES string of the molecule is CC(=O)N1CCN(c2ccc(C(=O)N(C)C(C)c3cc4ccccc4o3)cc2[N+](=O)[O-])CC1. The van der Waals surface area contributed by atoms with Crippen molar-refractivity contribution < 1.29 is 18.9 Å². The number of fused-ring (bicyclic) bond motifs is 1. The molecule has 33 heavy (non-hydrogen) atoms. The number of nitro groups is 1. The number of carbonyl (C=O) groups is 2. The van der Waals surface area contributed by atoms with E-state index in [1.54, 1.807) is 24.1 Å². The van der Waals surface area contributed by atoms with Crippen molar-refractivity contribution >= 4 is 34.2 Å². The maximum absolute atomic E-state index is 13.2. The predicted octanol–water partition coefficient (Wildman–Crippen LogP) is 3.84. The van der Waals surface area contributed by atoms with E-state index in [4.69, 9.17) is 4.42 Å². The minimum atomic E-state index is -0.466. The van der Waals surface area contributed by atoms with Gasteiger partial charge in [0, 0.05) is 57.2 Å². The van der Waals surface area contributed by atoms with Crippen LogP contribution in [0.25, 0.3) is 11.0 Å². The van der Waals surface area contributed by atoms with Gasteiger partial charge in [-0.1, -0.05) is 18.2 Å². The molecule has 4 rings (SSSR count). The lowest BCUT2D eigenvalue weighted by Gasteiger charge is -2.35. The van der Waals surface area contributed by atoms with E-state index in [9.17, 15) is 19.7 Å². The summed E-state index contributed by atoms with van der Waals surface area (Å²) in [7, 11) is 1.65. The molecule has 2 heterocycles. The van der Waals surface area contributed by atoms with Crippen LogP contribution in [-0.2, 0) is 4.79 Å². The van der Waals surface area contributed by atoms with Crippen molar-refractivity contribution in [2.75, 3.05) is 38.1 Å². The Morgan fingerprint density at radius 3 is 2.42 bits per heavy atom. The number of nitro benzene ring substituents is 1. The zero-order valence-electron chi connectivity index (χ0n) is 18.9. The molecular weight excluding hydrogens is 424 g/mol. The van der Waals surface area contributed by atoms with E-state index in [2.05, 4.69) is 0 Å². The monoisotopic (exact) mass is 450 g/mol. The summed E-state index contributed by atoms with van der Waals surface area (Å²) >= 11 is 0. The first kappa shape index (κ1) is 22.3. The van der Waals surface area contributed by atoms with Gasteiger partial charge in [-0.05, 0) is 31.2 Å². The number of piperazine rings is 1. The molecule has 1 fully saturated rings. The first-order valence-electron chi connectivity index (χ1n) is 10.8. The normalized spacial score (nSPS) is 14.9. The number of furan rings is 1. The van der Waals surface area contributed by atoms with Gasteiger partial charge in [-0.2, -0.15) is 0 Å². The molecule has 0 saturated carbocycles. The van der Waals surface area contributed by atoms with Crippen LogP contribution >= 0.6 is 0 Å². The van der Waals surface area contributed by atoms with Crippen LogP contribution < -0.4 is 4.90 Å². The highest BCUT2D eigenvalue weighted by atomic mass is 16.6. The Hall–Kier alpha value is -3.88. The standard InChI is InChI=1S/C24H26N4O5/c1-16(23-15-18-6-4-5-7-22(18)33-23)25(3)24(30)19-8-9-20(21(14-19)28(31)32)27-12-10-26(11-13-27)17(2)29/h4-9,14-16H,10-13H2,1-3H3. The molecule has 9 nitrogen and oxygen atoms in total. The van der Waals surface area contributed by atoms with E-state index >= 15 is 0 Å². The molecule has 1 aliphatic heterocycles. The summed E-state index contributed by atoms with van der Waals surface area (Å²) in [5.74, 6) is 0.298. The van der Waals surface area contributed by atoms with Gasteiger partial charge in [0.15, 0.2) is 0 Å². The fraction of sp³-hybridized carbons (Fsp3) is 0.333. The maximum Gasteiger partial charge on any atom is 0.293 e. The summed E-state index contributed by atoms with van der Waals surface area (Å²) in [6, 6.07) is 13.7. The number of amides is 2. The van der Waals surface area contributed by atoms with Crippen LogP contribution in [0.1, 0.15) is 36.0 Å². The van der Waals surface area contributed by atoms with Gasteiger partial charge in [-0.15, -0.1) is 0 Å². The summed E-state index contributed by atoms with van der Waals surface area (Å²) in [5.41, 5.74) is 1.30. The number of hydrogen-bond donors (Lipinski definition) is 0. The molecule has 1 saturated heterocycles. The molecule has 0 N–H and O–H groups in total. The third-order valence-electron chi connectivity index (χ3n) is 6.24. The van der Waals surface area contributed by atoms with Crippen LogP contribution in [0.2, 0.25) is 0 Å². The van der Waals surface area contributed by atoms with Crippen molar-refractivity contribution in [1.29, 1.82) is 0 Å². The Labute approximate surface area is 191 Å². The van der Waals surface area contributed by atoms with E-state index in [0.29, 0.717) is 37.6 Å². The van der Waals surface area contributed by atoms with E-state index in [0.717, 1.165) is 11.0 Å². The molecule has 172 valence electrons. The topological polar surface area (TPSA) is 100 Å². The zero-order valence-corrected chi connectivity index (χ0v) is 18.9. The first-order chi connectivity index (χ1) is 15.8. The number of benzene rings is 2. The van der Waals surface area contributed by atoms with Crippen LogP contribution in [0.15, 0.2) is 52.9 Å². The van der Waals surface area contributed by atoms with Gasteiger partial charge in [0.1, 0.15) is 17.0 Å². The second-order valence-corrected chi connectivity index (χ2v) is 8.23. The van der Waals surface area contributed by atoms with Crippen molar-refractivity contribution in [3.8, 4) is 0 Å². The van der Waals surface area contributed by atoms with Gasteiger partial charge in [-0.25, -0.2) is 0 Å². The molecule has 0 radical (unpaired) electrons. The van der Waals surface area contributed by atoms with E-state index in [-0.39, 0.29) is 29.1 Å². The van der Waals surface area contributed by atoms with Crippen molar-refractivity contribution in [3.05, 3.63) is 70.0 Å². The summed E-state index contributed by atoms with van der Waals surface area (Å²) in [5, 5.41) is 12.8. The van der Waals surface area contributed by atoms with Crippen molar-refractivity contribution in [3.63, 3.8) is 0 Å². The molecule has 1 unspecified atom stereocenters. The lowest BCUT2D eigenvalue weighted by Crippen LogP contribution is -2.48. The molecule has 9 heteroatoms. The molecule has 3 aromatic rings. The van der Waals surface area contributed by atoms with Crippen LogP contribution in [0, 0.1) is 10.1 Å². The van der Waals surface area contributed by atoms with Gasteiger partial charge in [-0.3, -0.25) is 19.7 Å². The second kappa shape index (κ2) is 8.93. The lowest BCUT2D eigenvalue weighted by atomic mass is 10.1. The Kier molecular flexibility index (Phi) is 6.04. The summed E-state index contributed by atoms with van der Waals surface area (Å²) in [6.45, 7) is 5.37. The minimum absolute atomic E-state index is 0.00768. The summed E-state index contributed by atoms with van der Waals surface area (Å²) < 4.78 is 5.89. The van der Waals surface area contributed by atoms with Crippen molar-refractivity contribution in [1.82, 2.24) is 9.80 Å². The third-order valence-corrected chi connectivity index (χ3v) is 6.24. The Bertz CT molecular complexity index is 1180. The maximum atomic E-state index is 13.2. The van der Waals surface area contributed by atoms with Crippen molar-refractivity contribution in [2.45, 2.75) is 19.9 Å². The van der Waals surface area contributed by atoms with E-state index in [1.807, 2.05) is 42.2 Å². The highest BCUT2D eigenvalue weighted by Gasteiger charge is 2.28. The summed E-state index contributed by atoms with van der Waals surface area (Å²) in [6.07, 6.45) is 0. The first-order valence-corrected chi connectivity index (χ1v) is 10.8. The van der Waals surface area contributed by atoms with Crippen LogP contribution in [0.5, 0.6) is 0 Å². The number of anilines is 1. The van der Waals surface area contributed by atoms with Gasteiger partial charge in [0.25, 0.3) is 11.6 Å². The van der Waals surface area contributed by atoms with Gasteiger partial charge < -0.3 is 19.1 Å². The molecule has 1 aliphatic rings. The van der Waals surface area contributed by atoms with Gasteiger partial charge in [0.2, 0.25) is 5.91 Å². The molecule has 1 aromatic heterocycles. The fourth-order valence-corrected chi connectivity index (χ4v) is 4.11. The Morgan fingerprint density at radius 1 is 1.09 bits per heavy atom. The fourth-order valence-electron chi connectivity index (χ4n) is 4.11. The molecule has 2 aromatic carbocycles. The smallest absolute Gasteiger partial charge is 0.293 e. The molecule has 1 atom stereocenters. The average molecular weight is 450 g/mol. The molecule has 2 amide bonds. The molecule has 0 bridgehead atoms. The molecular formula is C24H26N4O5. The van der Waals surface area contributed by atoms with Crippen LogP contribution in [0.4, 0.5) is 11.4 Å². The lowest BCUT2D eigenvalue weighted by molar-refractivity contribution is -0.384. The minimum Gasteiger partial charge on any atom is -0.459 e. The van der Waals surface area contributed by atoms with Gasteiger partial charge in [0.05, 0.1) is 11.0 Å². The number of carbonyl (C=O) groups excluding carboxylic acids is 2. The van der Waals surface area contributed by atoms with Gasteiger partial charge >= 0.3 is 0 Å². The van der Waals surface area contributed by atoms with E-state index in [1.165, 1.54) is 17.9 Å². The highest BCUT2D eigenvalue weighted by molar-refractivity contribution is 5.96. The molecule has 0 spiro atoms. The number of para-hydroxylation sites is 1. The number of nitrogens with zero attached hydrogens (tertiary/aromatic N) is 4. The van der Waals surface area contributed by atoms with Crippen LogP contribution in [0.3, 0.4) is 0 Å². The average Bonchev–Trinajstić information content (AvgIpc) is 3.26. The summed E-state index contributed by atoms with van der Waals surface area (Å²) in [4.78, 5) is 41.2. The van der Waals surface area contributed by atoms with E-state index < -0.39 is 4.92 Å². The highest BCUT2D eigenvalue weighted by Crippen LogP contribution is 2.32. The number of hydrogen-bond acceptors (Lipinski definition) is 6. The van der Waals surface area contributed by atoms with Crippen molar-refractivity contribution in [2.24, 2.45) is 0 Å². The molecule has 0 aliphatic carbocycles. The predicted molar refractivity (Wildman–Crippen MR) is 124 cm³/mol. The largest absolute Gasteiger partial charge is 0.459 e. The zero-order chi connectivity index (χ0) is 23.7. The Balaban J connectivity index is 1.55. The number of rotatable bonds is 5. The third kappa shape index (κ3) is 4.39. The Morgan fingerprint density at radius 2 is 1.79 bits per heavy atom.